The Bertz CT molecular complexity index is 596. The summed E-state index contributed by atoms with van der Waals surface area (Å²) in [6, 6.07) is 4.12. The molecule has 3 rings (SSSR count). The van der Waals surface area contributed by atoms with Crippen molar-refractivity contribution >= 4 is 40.7 Å². The largest absolute Gasteiger partial charge is 0.381 e. The first-order chi connectivity index (χ1) is 12.6. The van der Waals surface area contributed by atoms with Crippen molar-refractivity contribution in [3.63, 3.8) is 0 Å². The SMILES string of the molecule is CN=C(NCC1(SC)CCOCC1)N1CCN(Cc2ccc(Cl)s2)CC1. The number of thiophene rings is 1. The van der Waals surface area contributed by atoms with Crippen LogP contribution in [0.4, 0.5) is 0 Å². The van der Waals surface area contributed by atoms with Crippen molar-refractivity contribution in [1.29, 1.82) is 0 Å². The summed E-state index contributed by atoms with van der Waals surface area (Å²) in [4.78, 5) is 10.7. The van der Waals surface area contributed by atoms with Crippen molar-refractivity contribution in [3.05, 3.63) is 21.3 Å². The predicted octanol–water partition coefficient (Wildman–Crippen LogP) is 3.01. The van der Waals surface area contributed by atoms with Crippen LogP contribution in [-0.2, 0) is 11.3 Å². The number of nitrogens with zero attached hydrogens (tertiary/aromatic N) is 3. The summed E-state index contributed by atoms with van der Waals surface area (Å²) in [6.45, 7) is 7.81. The number of aliphatic imine (C=N–C) groups is 1. The fourth-order valence-electron chi connectivity index (χ4n) is 3.54. The van der Waals surface area contributed by atoms with Crippen LogP contribution in [0.5, 0.6) is 0 Å². The lowest BCUT2D eigenvalue weighted by Crippen LogP contribution is -2.54. The highest BCUT2D eigenvalue weighted by molar-refractivity contribution is 8.00. The second-order valence-corrected chi connectivity index (χ2v) is 9.94. The molecule has 0 unspecified atom stereocenters. The van der Waals surface area contributed by atoms with E-state index in [4.69, 9.17) is 16.3 Å². The standard InChI is InChI=1S/C18H29ClN4OS2/c1-20-17(21-14-18(25-2)5-11-24-12-6-18)23-9-7-22(8-10-23)13-15-3-4-16(19)26-15/h3-4H,5-14H2,1-2H3,(H,20,21). The van der Waals surface area contributed by atoms with Crippen molar-refractivity contribution in [3.8, 4) is 0 Å². The van der Waals surface area contributed by atoms with E-state index in [0.29, 0.717) is 0 Å². The van der Waals surface area contributed by atoms with Gasteiger partial charge in [-0.3, -0.25) is 9.89 Å². The molecule has 2 aliphatic rings. The average molecular weight is 417 g/mol. The third-order valence-electron chi connectivity index (χ3n) is 5.30. The van der Waals surface area contributed by atoms with Gasteiger partial charge in [0.15, 0.2) is 5.96 Å². The summed E-state index contributed by atoms with van der Waals surface area (Å²) in [5.41, 5.74) is 0. The van der Waals surface area contributed by atoms with Crippen LogP contribution < -0.4 is 5.32 Å². The first kappa shape index (κ1) is 20.3. The first-order valence-electron chi connectivity index (χ1n) is 9.19. The molecule has 0 amide bonds. The molecular weight excluding hydrogens is 388 g/mol. The zero-order valence-electron chi connectivity index (χ0n) is 15.7. The minimum Gasteiger partial charge on any atom is -0.381 e. The van der Waals surface area contributed by atoms with Gasteiger partial charge in [-0.1, -0.05) is 11.6 Å². The van der Waals surface area contributed by atoms with Crippen LogP contribution in [-0.4, -0.2) is 79.7 Å². The van der Waals surface area contributed by atoms with Crippen molar-refractivity contribution in [2.75, 3.05) is 59.2 Å². The van der Waals surface area contributed by atoms with E-state index in [9.17, 15) is 0 Å². The van der Waals surface area contributed by atoms with Crippen LogP contribution in [0.2, 0.25) is 4.34 Å². The van der Waals surface area contributed by atoms with E-state index in [1.165, 1.54) is 4.88 Å². The van der Waals surface area contributed by atoms with Gasteiger partial charge in [-0.15, -0.1) is 11.3 Å². The van der Waals surface area contributed by atoms with E-state index >= 15 is 0 Å². The lowest BCUT2D eigenvalue weighted by Gasteiger charge is -2.39. The predicted molar refractivity (Wildman–Crippen MR) is 114 cm³/mol. The topological polar surface area (TPSA) is 40.1 Å². The summed E-state index contributed by atoms with van der Waals surface area (Å²) >= 11 is 9.68. The zero-order chi connectivity index (χ0) is 18.4. The molecule has 3 heterocycles. The van der Waals surface area contributed by atoms with Gasteiger partial charge in [0.25, 0.3) is 0 Å². The Morgan fingerprint density at radius 2 is 2.04 bits per heavy atom. The third-order valence-corrected chi connectivity index (χ3v) is 7.93. The minimum atomic E-state index is 0.272. The number of halogens is 1. The average Bonchev–Trinajstić information content (AvgIpc) is 3.09. The maximum Gasteiger partial charge on any atom is 0.193 e. The molecule has 1 aromatic rings. The van der Waals surface area contributed by atoms with Gasteiger partial charge in [-0.05, 0) is 31.2 Å². The number of nitrogens with one attached hydrogen (secondary N) is 1. The highest BCUT2D eigenvalue weighted by Gasteiger charge is 2.32. The molecule has 8 heteroatoms. The molecule has 2 saturated heterocycles. The van der Waals surface area contributed by atoms with Gasteiger partial charge in [0.2, 0.25) is 0 Å². The quantitative estimate of drug-likeness (QED) is 0.590. The number of guanidine groups is 1. The fraction of sp³-hybridized carbons (Fsp3) is 0.722. The van der Waals surface area contributed by atoms with E-state index in [2.05, 4.69) is 32.4 Å². The second-order valence-electron chi connectivity index (χ2n) is 6.87. The molecular formula is C18H29ClN4OS2. The number of thioether (sulfide) groups is 1. The van der Waals surface area contributed by atoms with Crippen molar-refractivity contribution in [2.24, 2.45) is 4.99 Å². The van der Waals surface area contributed by atoms with Crippen molar-refractivity contribution in [2.45, 2.75) is 24.1 Å². The van der Waals surface area contributed by atoms with Crippen molar-refractivity contribution < 1.29 is 4.74 Å². The number of hydrogen-bond acceptors (Lipinski definition) is 5. The molecule has 1 aromatic heterocycles. The molecule has 0 aliphatic carbocycles. The van der Waals surface area contributed by atoms with Crippen LogP contribution in [0.3, 0.4) is 0 Å². The molecule has 5 nitrogen and oxygen atoms in total. The summed E-state index contributed by atoms with van der Waals surface area (Å²) < 4.78 is 6.69. The minimum absolute atomic E-state index is 0.272. The molecule has 2 aliphatic heterocycles. The third kappa shape index (κ3) is 5.29. The fourth-order valence-corrected chi connectivity index (χ4v) is 5.47. The van der Waals surface area contributed by atoms with Gasteiger partial charge in [0, 0.05) is 69.2 Å². The van der Waals surface area contributed by atoms with E-state index < -0.39 is 0 Å². The van der Waals surface area contributed by atoms with Crippen LogP contribution in [0.15, 0.2) is 17.1 Å². The number of piperazine rings is 1. The Morgan fingerprint density at radius 1 is 1.31 bits per heavy atom. The molecule has 2 fully saturated rings. The van der Waals surface area contributed by atoms with Gasteiger partial charge in [-0.25, -0.2) is 0 Å². The zero-order valence-corrected chi connectivity index (χ0v) is 18.1. The summed E-state index contributed by atoms with van der Waals surface area (Å²) in [6.07, 6.45) is 4.43. The Hall–Kier alpha value is -0.470. The molecule has 0 spiro atoms. The van der Waals surface area contributed by atoms with Crippen LogP contribution in [0.1, 0.15) is 17.7 Å². The molecule has 0 atom stereocenters. The summed E-state index contributed by atoms with van der Waals surface area (Å²) in [7, 11) is 1.89. The maximum absolute atomic E-state index is 6.04. The lowest BCUT2D eigenvalue weighted by atomic mass is 9.99. The Labute approximate surface area is 170 Å². The monoisotopic (exact) mass is 416 g/mol. The van der Waals surface area contributed by atoms with E-state index in [0.717, 1.165) is 75.6 Å². The molecule has 0 radical (unpaired) electrons. The molecule has 26 heavy (non-hydrogen) atoms. The Morgan fingerprint density at radius 3 is 2.62 bits per heavy atom. The second kappa shape index (κ2) is 9.64. The summed E-state index contributed by atoms with van der Waals surface area (Å²) in [5, 5.41) is 3.63. The van der Waals surface area contributed by atoms with Gasteiger partial charge < -0.3 is 15.0 Å². The van der Waals surface area contributed by atoms with E-state index in [1.807, 2.05) is 24.9 Å². The summed E-state index contributed by atoms with van der Waals surface area (Å²) in [5.74, 6) is 1.03. The van der Waals surface area contributed by atoms with Gasteiger partial charge in [-0.2, -0.15) is 11.8 Å². The molecule has 1 N–H and O–H groups in total. The Kier molecular flexibility index (Phi) is 7.52. The number of ether oxygens (including phenoxy) is 1. The highest BCUT2D eigenvalue weighted by Crippen LogP contribution is 2.33. The first-order valence-corrected chi connectivity index (χ1v) is 11.6. The lowest BCUT2D eigenvalue weighted by molar-refractivity contribution is 0.0779. The molecule has 0 bridgehead atoms. The van der Waals surface area contributed by atoms with Gasteiger partial charge >= 0.3 is 0 Å². The smallest absolute Gasteiger partial charge is 0.193 e. The highest BCUT2D eigenvalue weighted by atomic mass is 35.5. The van der Waals surface area contributed by atoms with Gasteiger partial charge in [0.1, 0.15) is 0 Å². The van der Waals surface area contributed by atoms with E-state index in [1.54, 1.807) is 11.3 Å². The number of hydrogen-bond donors (Lipinski definition) is 1. The van der Waals surface area contributed by atoms with Crippen LogP contribution in [0, 0.1) is 0 Å². The molecule has 0 aromatic carbocycles. The van der Waals surface area contributed by atoms with Crippen LogP contribution in [0.25, 0.3) is 0 Å². The molecule has 146 valence electrons. The Balaban J connectivity index is 1.47. The van der Waals surface area contributed by atoms with Gasteiger partial charge in [0.05, 0.1) is 4.34 Å². The molecule has 0 saturated carbocycles. The normalized spacial score (nSPS) is 21.8. The van der Waals surface area contributed by atoms with E-state index in [-0.39, 0.29) is 4.75 Å². The van der Waals surface area contributed by atoms with Crippen LogP contribution >= 0.6 is 34.7 Å². The van der Waals surface area contributed by atoms with Crippen molar-refractivity contribution in [1.82, 2.24) is 15.1 Å². The number of rotatable bonds is 5. The maximum atomic E-state index is 6.04.